The highest BCUT2D eigenvalue weighted by atomic mass is 28.4. The van der Waals surface area contributed by atoms with Crippen LogP contribution in [0.1, 0.15) is 87.5 Å². The summed E-state index contributed by atoms with van der Waals surface area (Å²) in [4.78, 5) is 37.9. The molecule has 1 saturated carbocycles. The molecule has 0 aromatic carbocycles. The molecule has 0 aromatic heterocycles. The molecule has 7 atom stereocenters. The van der Waals surface area contributed by atoms with E-state index in [1.54, 1.807) is 6.08 Å². The molecule has 2 rings (SSSR count). The summed E-state index contributed by atoms with van der Waals surface area (Å²) in [6.07, 6.45) is 13.8. The monoisotopic (exact) mass is 574 g/mol. The topological polar surface area (TPSA) is 89.9 Å². The average molecular weight is 575 g/mol. The second kappa shape index (κ2) is 13.8. The van der Waals surface area contributed by atoms with Crippen LogP contribution in [0.15, 0.2) is 36.5 Å². The SMILES string of the molecule is C/C=C/[C@@H]1C[C@H](OC(=O)C(C)(C)CC)[C@@H]2[C@@H](C=CC(=O)C[C@H](CC(=O)O)O[Si](C)(C)C(C)(C)C)[C@@H](C)C=C[C@H]2C1. The third-order valence-corrected chi connectivity index (χ3v) is 14.0. The minimum atomic E-state index is -2.25. The highest BCUT2D eigenvalue weighted by molar-refractivity contribution is 6.74. The average Bonchev–Trinajstić information content (AvgIpc) is 2.82. The van der Waals surface area contributed by atoms with Crippen molar-refractivity contribution in [3.05, 3.63) is 36.5 Å². The van der Waals surface area contributed by atoms with Gasteiger partial charge in [-0.15, -0.1) is 0 Å². The van der Waals surface area contributed by atoms with Crippen molar-refractivity contribution in [2.24, 2.45) is 35.0 Å². The summed E-state index contributed by atoms with van der Waals surface area (Å²) in [5, 5.41) is 9.39. The van der Waals surface area contributed by atoms with Crippen LogP contribution in [0.2, 0.25) is 18.1 Å². The molecule has 226 valence electrons. The molecule has 0 amide bonds. The first-order chi connectivity index (χ1) is 18.4. The molecule has 0 spiro atoms. The molecule has 7 heteroatoms. The summed E-state index contributed by atoms with van der Waals surface area (Å²) in [6.45, 7) is 20.5. The normalized spacial score (nSPS) is 28.4. The third-order valence-electron chi connectivity index (χ3n) is 9.51. The first kappa shape index (κ1) is 34.2. The molecular formula is C33H54O6Si. The van der Waals surface area contributed by atoms with Gasteiger partial charge >= 0.3 is 11.9 Å². The van der Waals surface area contributed by atoms with E-state index in [4.69, 9.17) is 9.16 Å². The van der Waals surface area contributed by atoms with Crippen LogP contribution in [0.3, 0.4) is 0 Å². The van der Waals surface area contributed by atoms with Crippen LogP contribution in [0.5, 0.6) is 0 Å². The van der Waals surface area contributed by atoms with Gasteiger partial charge in [-0.25, -0.2) is 0 Å². The molecule has 0 radical (unpaired) electrons. The molecule has 40 heavy (non-hydrogen) atoms. The number of carbonyl (C=O) groups is 3. The van der Waals surface area contributed by atoms with Crippen molar-refractivity contribution in [2.45, 2.75) is 118 Å². The Morgan fingerprint density at radius 3 is 2.25 bits per heavy atom. The molecule has 1 N–H and O–H groups in total. The first-order valence-electron chi connectivity index (χ1n) is 15.0. The minimum absolute atomic E-state index is 0.0345. The Bertz CT molecular complexity index is 985. The van der Waals surface area contributed by atoms with Crippen LogP contribution in [0.25, 0.3) is 0 Å². The van der Waals surface area contributed by atoms with Crippen molar-refractivity contribution in [1.82, 2.24) is 0 Å². The second-order valence-corrected chi connectivity index (χ2v) is 18.9. The number of ketones is 1. The van der Waals surface area contributed by atoms with Crippen LogP contribution in [0.4, 0.5) is 0 Å². The fourth-order valence-corrected chi connectivity index (χ4v) is 6.98. The van der Waals surface area contributed by atoms with Gasteiger partial charge in [0.25, 0.3) is 0 Å². The van der Waals surface area contributed by atoms with E-state index in [0.29, 0.717) is 12.3 Å². The van der Waals surface area contributed by atoms with Crippen molar-refractivity contribution >= 4 is 26.0 Å². The van der Waals surface area contributed by atoms with Gasteiger partial charge in [-0.05, 0) is 87.9 Å². The number of rotatable bonds is 12. The summed E-state index contributed by atoms with van der Waals surface area (Å²) in [5.74, 6) is -0.379. The Morgan fingerprint density at radius 1 is 1.05 bits per heavy atom. The maximum Gasteiger partial charge on any atom is 0.311 e. The van der Waals surface area contributed by atoms with Gasteiger partial charge in [0.2, 0.25) is 0 Å². The van der Waals surface area contributed by atoms with E-state index < -0.39 is 25.8 Å². The lowest BCUT2D eigenvalue weighted by atomic mass is 9.61. The highest BCUT2D eigenvalue weighted by Crippen LogP contribution is 2.47. The lowest BCUT2D eigenvalue weighted by Gasteiger charge is -2.47. The van der Waals surface area contributed by atoms with E-state index in [1.165, 1.54) is 0 Å². The number of fused-ring (bicyclic) bond motifs is 1. The molecule has 0 bridgehead atoms. The molecule has 2 aliphatic carbocycles. The Labute approximate surface area is 243 Å². The van der Waals surface area contributed by atoms with Gasteiger partial charge in [0.1, 0.15) is 6.10 Å². The Balaban J connectivity index is 2.29. The number of ether oxygens (including phenoxy) is 1. The van der Waals surface area contributed by atoms with Crippen molar-refractivity contribution in [3.8, 4) is 0 Å². The third kappa shape index (κ3) is 9.00. The summed E-state index contributed by atoms with van der Waals surface area (Å²) < 4.78 is 12.6. The second-order valence-electron chi connectivity index (χ2n) is 14.1. The van der Waals surface area contributed by atoms with E-state index in [0.717, 1.165) is 12.8 Å². The van der Waals surface area contributed by atoms with E-state index in [9.17, 15) is 19.5 Å². The summed E-state index contributed by atoms with van der Waals surface area (Å²) in [6, 6.07) is 0. The summed E-state index contributed by atoms with van der Waals surface area (Å²) in [7, 11) is -2.25. The molecule has 1 fully saturated rings. The van der Waals surface area contributed by atoms with Gasteiger partial charge in [-0.1, -0.05) is 65.0 Å². The van der Waals surface area contributed by atoms with Gasteiger partial charge in [0.05, 0.1) is 17.9 Å². The summed E-state index contributed by atoms with van der Waals surface area (Å²) >= 11 is 0. The zero-order chi connectivity index (χ0) is 30.5. The van der Waals surface area contributed by atoms with Gasteiger partial charge in [0.15, 0.2) is 14.1 Å². The molecule has 0 heterocycles. The fourth-order valence-electron chi connectivity index (χ4n) is 5.63. The number of esters is 1. The van der Waals surface area contributed by atoms with E-state index in [2.05, 4.69) is 65.1 Å². The molecule has 2 aliphatic rings. The van der Waals surface area contributed by atoms with Crippen molar-refractivity contribution < 1.29 is 28.7 Å². The van der Waals surface area contributed by atoms with Gasteiger partial charge in [-0.3, -0.25) is 14.4 Å². The molecule has 0 unspecified atom stereocenters. The Kier molecular flexibility index (Phi) is 11.8. The maximum absolute atomic E-state index is 13.2. The lowest BCUT2D eigenvalue weighted by molar-refractivity contribution is -0.168. The van der Waals surface area contributed by atoms with E-state index >= 15 is 0 Å². The molecule has 0 aromatic rings. The van der Waals surface area contributed by atoms with Gasteiger partial charge in [0, 0.05) is 12.3 Å². The smallest absolute Gasteiger partial charge is 0.311 e. The van der Waals surface area contributed by atoms with Crippen LogP contribution < -0.4 is 0 Å². The van der Waals surface area contributed by atoms with E-state index in [-0.39, 0.29) is 59.4 Å². The number of hydrogen-bond donors (Lipinski definition) is 1. The predicted octanol–water partition coefficient (Wildman–Crippen LogP) is 7.76. The maximum atomic E-state index is 13.2. The van der Waals surface area contributed by atoms with Crippen molar-refractivity contribution in [1.29, 1.82) is 0 Å². The largest absolute Gasteiger partial charge is 0.481 e. The quantitative estimate of drug-likeness (QED) is 0.111. The number of aliphatic carboxylic acids is 1. The van der Waals surface area contributed by atoms with E-state index in [1.807, 2.05) is 33.8 Å². The zero-order valence-electron chi connectivity index (χ0n) is 26.5. The first-order valence-corrected chi connectivity index (χ1v) is 18.0. The van der Waals surface area contributed by atoms with Crippen LogP contribution in [0, 0.1) is 35.0 Å². The van der Waals surface area contributed by atoms with Crippen molar-refractivity contribution in [2.75, 3.05) is 0 Å². The zero-order valence-corrected chi connectivity index (χ0v) is 27.5. The standard InChI is InChI=1S/C33H54O6Si/c1-11-13-23-18-24-15-14-22(3)27(30(24)28(19-23)38-31(37)33(7,8)12-2)17-16-25(34)20-26(21-29(35)36)39-40(9,10)32(4,5)6/h11,13-17,22-24,26-28,30H,12,18-21H2,1-10H3,(H,35,36)/b13-11+,17-16?/t22-,23-,24-,26+,27-,28-,30-/m0/s1. The minimum Gasteiger partial charge on any atom is -0.481 e. The number of hydrogen-bond acceptors (Lipinski definition) is 5. The summed E-state index contributed by atoms with van der Waals surface area (Å²) in [5.41, 5.74) is -0.552. The Morgan fingerprint density at radius 2 is 1.70 bits per heavy atom. The number of carbonyl (C=O) groups excluding carboxylic acids is 2. The van der Waals surface area contributed by atoms with Crippen molar-refractivity contribution in [3.63, 3.8) is 0 Å². The number of carboxylic acid groups (broad SMARTS) is 1. The Hall–Kier alpha value is -1.99. The highest BCUT2D eigenvalue weighted by Gasteiger charge is 2.46. The van der Waals surface area contributed by atoms with Crippen LogP contribution in [-0.2, 0) is 23.5 Å². The molecule has 0 aliphatic heterocycles. The molecular weight excluding hydrogens is 520 g/mol. The van der Waals surface area contributed by atoms with Crippen LogP contribution >= 0.6 is 0 Å². The van der Waals surface area contributed by atoms with Gasteiger partial charge in [-0.2, -0.15) is 0 Å². The predicted molar refractivity (Wildman–Crippen MR) is 163 cm³/mol. The number of allylic oxidation sites excluding steroid dienone is 6. The molecule has 0 saturated heterocycles. The van der Waals surface area contributed by atoms with Crippen LogP contribution in [-0.4, -0.2) is 43.4 Å². The number of carboxylic acids is 1. The molecule has 6 nitrogen and oxygen atoms in total. The van der Waals surface area contributed by atoms with Gasteiger partial charge < -0.3 is 14.3 Å². The lowest BCUT2D eigenvalue weighted by Crippen LogP contribution is -2.46. The fraction of sp³-hybridized carbons (Fsp3) is 0.727.